The molecule has 4 rings (SSSR count). The molecule has 0 unspecified atom stereocenters. The van der Waals surface area contributed by atoms with Crippen molar-refractivity contribution in [1.29, 1.82) is 0 Å². The monoisotopic (exact) mass is 481 g/mol. The number of rotatable bonds is 6. The maximum Gasteiger partial charge on any atom is 0.419 e. The van der Waals surface area contributed by atoms with Gasteiger partial charge >= 0.3 is 12.3 Å². The van der Waals surface area contributed by atoms with Crippen molar-refractivity contribution in [2.24, 2.45) is 0 Å². The summed E-state index contributed by atoms with van der Waals surface area (Å²) in [7, 11) is 0. The number of allylic oxidation sites excluding steroid dienone is 1. The van der Waals surface area contributed by atoms with Crippen LogP contribution in [0, 0.1) is 0 Å². The van der Waals surface area contributed by atoms with Crippen molar-refractivity contribution in [3.63, 3.8) is 0 Å². The van der Waals surface area contributed by atoms with Gasteiger partial charge in [-0.2, -0.15) is 26.9 Å². The zero-order valence-electron chi connectivity index (χ0n) is 18.0. The van der Waals surface area contributed by atoms with E-state index in [9.17, 15) is 22.0 Å². The number of morpholine rings is 1. The molecule has 1 fully saturated rings. The largest absolute Gasteiger partial charge is 0.429 e. The first-order chi connectivity index (χ1) is 16.2. The van der Waals surface area contributed by atoms with E-state index in [1.807, 2.05) is 0 Å². The molecule has 3 aromatic rings. The fraction of sp³-hybridized carbons (Fsp3) is 0.304. The molecule has 0 spiro atoms. The third kappa shape index (κ3) is 5.19. The molecular weight excluding hydrogens is 461 g/mol. The van der Waals surface area contributed by atoms with Crippen molar-refractivity contribution in [2.45, 2.75) is 19.2 Å². The Labute approximate surface area is 191 Å². The second kappa shape index (κ2) is 9.41. The summed E-state index contributed by atoms with van der Waals surface area (Å²) in [6.45, 7) is 2.76. The number of ether oxygens (including phenoxy) is 2. The van der Waals surface area contributed by atoms with Crippen LogP contribution < -0.4 is 9.64 Å². The van der Waals surface area contributed by atoms with Gasteiger partial charge < -0.3 is 18.9 Å². The van der Waals surface area contributed by atoms with E-state index in [0.29, 0.717) is 32.4 Å². The van der Waals surface area contributed by atoms with Gasteiger partial charge in [0.05, 0.1) is 24.3 Å². The zero-order valence-corrected chi connectivity index (χ0v) is 18.0. The highest BCUT2D eigenvalue weighted by Crippen LogP contribution is 2.40. The van der Waals surface area contributed by atoms with Crippen LogP contribution in [0.4, 0.5) is 27.6 Å². The fourth-order valence-electron chi connectivity index (χ4n) is 3.54. The molecule has 0 amide bonds. The van der Waals surface area contributed by atoms with Gasteiger partial charge in [0.15, 0.2) is 0 Å². The molecule has 0 aliphatic carbocycles. The summed E-state index contributed by atoms with van der Waals surface area (Å²) in [5.41, 5.74) is -0.672. The van der Waals surface area contributed by atoms with Crippen LogP contribution in [0.25, 0.3) is 22.8 Å². The Morgan fingerprint density at radius 1 is 1.03 bits per heavy atom. The summed E-state index contributed by atoms with van der Waals surface area (Å²) in [6, 6.07) is 9.53. The van der Waals surface area contributed by atoms with Gasteiger partial charge in [-0.3, -0.25) is 0 Å². The number of alkyl halides is 5. The summed E-state index contributed by atoms with van der Waals surface area (Å²) in [4.78, 5) is 5.74. The van der Waals surface area contributed by atoms with E-state index in [4.69, 9.17) is 14.0 Å². The number of nitrogens with zero attached hydrogens (tertiary/aromatic N) is 3. The first-order valence-electron chi connectivity index (χ1n) is 10.4. The Bertz CT molecular complexity index is 1170. The van der Waals surface area contributed by atoms with Gasteiger partial charge in [0.25, 0.3) is 5.89 Å². The van der Waals surface area contributed by atoms with Gasteiger partial charge in [0, 0.05) is 30.4 Å². The highest BCUT2D eigenvalue weighted by molar-refractivity contribution is 5.68. The molecule has 0 atom stereocenters. The van der Waals surface area contributed by atoms with E-state index in [2.05, 4.69) is 10.1 Å². The van der Waals surface area contributed by atoms with Gasteiger partial charge in [-0.1, -0.05) is 23.4 Å². The van der Waals surface area contributed by atoms with Crippen LogP contribution in [0.5, 0.6) is 5.75 Å². The van der Waals surface area contributed by atoms with E-state index in [1.54, 1.807) is 11.0 Å². The predicted molar refractivity (Wildman–Crippen MR) is 114 cm³/mol. The molecule has 0 bridgehead atoms. The topological polar surface area (TPSA) is 60.6 Å². The average molecular weight is 481 g/mol. The van der Waals surface area contributed by atoms with Crippen LogP contribution in [-0.2, 0) is 10.9 Å². The van der Waals surface area contributed by atoms with Crippen LogP contribution in [0.3, 0.4) is 0 Å². The minimum atomic E-state index is -4.62. The second-order valence-corrected chi connectivity index (χ2v) is 7.41. The number of para-hydroxylation sites is 1. The molecule has 1 saturated heterocycles. The molecule has 11 heteroatoms. The van der Waals surface area contributed by atoms with Crippen LogP contribution in [0.15, 0.2) is 59.1 Å². The smallest absolute Gasteiger partial charge is 0.419 e. The lowest BCUT2D eigenvalue weighted by atomic mass is 10.1. The maximum atomic E-state index is 13.9. The quantitative estimate of drug-likeness (QED) is 0.327. The lowest BCUT2D eigenvalue weighted by Crippen LogP contribution is -2.37. The fourth-order valence-corrected chi connectivity index (χ4v) is 3.54. The first-order valence-corrected chi connectivity index (χ1v) is 10.4. The summed E-state index contributed by atoms with van der Waals surface area (Å²) in [5, 5.41) is 3.77. The highest BCUT2D eigenvalue weighted by Gasteiger charge is 2.36. The Balaban J connectivity index is 1.68. The van der Waals surface area contributed by atoms with E-state index >= 15 is 0 Å². The zero-order chi connectivity index (χ0) is 24.3. The molecular formula is C23H20F5N3O3. The van der Waals surface area contributed by atoms with Crippen molar-refractivity contribution in [2.75, 3.05) is 31.2 Å². The minimum absolute atomic E-state index is 0.0317. The van der Waals surface area contributed by atoms with Gasteiger partial charge in [-0.25, -0.2) is 0 Å². The molecule has 2 heterocycles. The van der Waals surface area contributed by atoms with Gasteiger partial charge in [0.2, 0.25) is 5.82 Å². The molecule has 2 aromatic carbocycles. The second-order valence-electron chi connectivity index (χ2n) is 7.41. The van der Waals surface area contributed by atoms with E-state index in [1.165, 1.54) is 37.3 Å². The van der Waals surface area contributed by atoms with Gasteiger partial charge in [-0.05, 0) is 37.3 Å². The maximum absolute atomic E-state index is 13.9. The normalized spacial score (nSPS) is 15.2. The molecule has 1 aliphatic heterocycles. The Kier molecular flexibility index (Phi) is 6.56. The average Bonchev–Trinajstić information content (AvgIpc) is 3.29. The Morgan fingerprint density at radius 3 is 2.47 bits per heavy atom. The summed E-state index contributed by atoms with van der Waals surface area (Å²) < 4.78 is 84.5. The Hall–Kier alpha value is -3.47. The van der Waals surface area contributed by atoms with Crippen LogP contribution >= 0.6 is 0 Å². The van der Waals surface area contributed by atoms with Crippen molar-refractivity contribution in [3.8, 4) is 28.6 Å². The van der Waals surface area contributed by atoms with Crippen molar-refractivity contribution in [1.82, 2.24) is 10.1 Å². The van der Waals surface area contributed by atoms with E-state index < -0.39 is 17.8 Å². The number of aromatic nitrogens is 2. The molecule has 34 heavy (non-hydrogen) atoms. The van der Waals surface area contributed by atoms with Crippen molar-refractivity contribution < 1.29 is 35.9 Å². The number of halogens is 5. The van der Waals surface area contributed by atoms with Crippen LogP contribution in [0.2, 0.25) is 0 Å². The third-order valence-electron chi connectivity index (χ3n) is 5.06. The molecule has 1 aliphatic rings. The van der Waals surface area contributed by atoms with Crippen LogP contribution in [-0.4, -0.2) is 42.6 Å². The van der Waals surface area contributed by atoms with Crippen LogP contribution in [0.1, 0.15) is 12.5 Å². The summed E-state index contributed by atoms with van der Waals surface area (Å²) in [6.07, 6.45) is -6.46. The standard InChI is InChI=1S/C23H20F5N3O3/c1-2-9-22(24,25)33-19-6-4-3-5-16(19)20-29-21(34-30-20)15-7-8-18(17(14-15)23(26,27)28)31-10-12-32-13-11-31/h2-9,14H,10-13H2,1H3/b9-2+. The summed E-state index contributed by atoms with van der Waals surface area (Å²) in [5.74, 6) is -0.506. The number of hydrogen-bond donors (Lipinski definition) is 0. The van der Waals surface area contributed by atoms with E-state index in [0.717, 1.165) is 12.1 Å². The minimum Gasteiger partial charge on any atom is -0.429 e. The molecule has 0 N–H and O–H groups in total. The van der Waals surface area contributed by atoms with Crippen molar-refractivity contribution >= 4 is 5.69 Å². The number of anilines is 1. The lowest BCUT2D eigenvalue weighted by Gasteiger charge is -2.31. The Morgan fingerprint density at radius 2 is 1.76 bits per heavy atom. The number of benzene rings is 2. The SMILES string of the molecule is C/C=C/C(F)(F)Oc1ccccc1-c1noc(-c2ccc(N3CCOCC3)c(C(F)(F)F)c2)n1. The predicted octanol–water partition coefficient (Wildman–Crippen LogP) is 5.81. The molecule has 1 aromatic heterocycles. The molecule has 0 radical (unpaired) electrons. The highest BCUT2D eigenvalue weighted by atomic mass is 19.4. The van der Waals surface area contributed by atoms with Gasteiger partial charge in [-0.15, -0.1) is 0 Å². The molecule has 180 valence electrons. The third-order valence-corrected chi connectivity index (χ3v) is 5.06. The molecule has 6 nitrogen and oxygen atoms in total. The van der Waals surface area contributed by atoms with E-state index in [-0.39, 0.29) is 34.3 Å². The number of hydrogen-bond acceptors (Lipinski definition) is 6. The summed E-state index contributed by atoms with van der Waals surface area (Å²) >= 11 is 0. The first kappa shape index (κ1) is 23.7. The van der Waals surface area contributed by atoms with Gasteiger partial charge in [0.1, 0.15) is 5.75 Å². The lowest BCUT2D eigenvalue weighted by molar-refractivity contribution is -0.137. The molecule has 0 saturated carbocycles. The van der Waals surface area contributed by atoms with Crippen molar-refractivity contribution in [3.05, 3.63) is 60.2 Å².